The molecule has 25 heavy (non-hydrogen) atoms. The summed E-state index contributed by atoms with van der Waals surface area (Å²) >= 11 is 0. The number of hydrogen-bond acceptors (Lipinski definition) is 3. The number of hydrogen-bond donors (Lipinski definition) is 2. The van der Waals surface area contributed by atoms with Gasteiger partial charge in [-0.1, -0.05) is 18.2 Å². The normalized spacial score (nSPS) is 13.2. The van der Waals surface area contributed by atoms with Gasteiger partial charge in [-0.3, -0.25) is 9.59 Å². The Labute approximate surface area is 147 Å². The fourth-order valence-corrected chi connectivity index (χ4v) is 2.56. The van der Waals surface area contributed by atoms with Crippen molar-refractivity contribution in [2.45, 2.75) is 26.7 Å². The van der Waals surface area contributed by atoms with Gasteiger partial charge in [-0.05, 0) is 62.1 Å². The molecule has 0 heterocycles. The zero-order valence-corrected chi connectivity index (χ0v) is 14.5. The monoisotopic (exact) mass is 338 g/mol. The molecular formula is C20H22N2O3. The van der Waals surface area contributed by atoms with Crippen molar-refractivity contribution in [1.82, 2.24) is 0 Å². The minimum Gasteiger partial charge on any atom is -0.484 e. The van der Waals surface area contributed by atoms with Gasteiger partial charge < -0.3 is 15.4 Å². The molecule has 0 aliphatic heterocycles. The summed E-state index contributed by atoms with van der Waals surface area (Å²) in [6, 6.07) is 12.9. The average molecular weight is 338 g/mol. The Kier molecular flexibility index (Phi) is 5.03. The van der Waals surface area contributed by atoms with E-state index in [0.717, 1.165) is 35.3 Å². The van der Waals surface area contributed by atoms with Gasteiger partial charge in [-0.25, -0.2) is 0 Å². The third-order valence-electron chi connectivity index (χ3n) is 4.19. The maximum Gasteiger partial charge on any atom is 0.262 e. The second-order valence-corrected chi connectivity index (χ2v) is 6.39. The van der Waals surface area contributed by atoms with Crippen LogP contribution >= 0.6 is 0 Å². The van der Waals surface area contributed by atoms with Crippen molar-refractivity contribution in [2.24, 2.45) is 5.92 Å². The highest BCUT2D eigenvalue weighted by atomic mass is 16.5. The van der Waals surface area contributed by atoms with Crippen molar-refractivity contribution in [1.29, 1.82) is 0 Å². The van der Waals surface area contributed by atoms with Crippen molar-refractivity contribution in [3.05, 3.63) is 53.6 Å². The second-order valence-electron chi connectivity index (χ2n) is 6.39. The zero-order valence-electron chi connectivity index (χ0n) is 14.5. The molecule has 2 amide bonds. The summed E-state index contributed by atoms with van der Waals surface area (Å²) in [5.74, 6) is 0.621. The van der Waals surface area contributed by atoms with Crippen LogP contribution in [-0.2, 0) is 9.59 Å². The van der Waals surface area contributed by atoms with Crippen LogP contribution in [0.5, 0.6) is 5.75 Å². The number of ether oxygens (including phenoxy) is 1. The highest BCUT2D eigenvalue weighted by Gasteiger charge is 2.29. The first-order valence-corrected chi connectivity index (χ1v) is 8.43. The smallest absolute Gasteiger partial charge is 0.262 e. The lowest BCUT2D eigenvalue weighted by atomic mass is 10.1. The number of amides is 2. The van der Waals surface area contributed by atoms with Crippen molar-refractivity contribution in [3.63, 3.8) is 0 Å². The van der Waals surface area contributed by atoms with Gasteiger partial charge in [-0.15, -0.1) is 0 Å². The summed E-state index contributed by atoms with van der Waals surface area (Å²) in [6.07, 6.45) is 1.95. The molecule has 0 spiro atoms. The van der Waals surface area contributed by atoms with Crippen LogP contribution < -0.4 is 15.4 Å². The number of aryl methyl sites for hydroxylation is 2. The summed E-state index contributed by atoms with van der Waals surface area (Å²) in [7, 11) is 0. The van der Waals surface area contributed by atoms with Gasteiger partial charge >= 0.3 is 0 Å². The van der Waals surface area contributed by atoms with Gasteiger partial charge in [0.15, 0.2) is 6.61 Å². The van der Waals surface area contributed by atoms with Crippen LogP contribution in [0, 0.1) is 19.8 Å². The fraction of sp³-hybridized carbons (Fsp3) is 0.300. The minimum absolute atomic E-state index is 0.0679. The van der Waals surface area contributed by atoms with Crippen LogP contribution in [-0.4, -0.2) is 18.4 Å². The Morgan fingerprint density at radius 1 is 1.00 bits per heavy atom. The van der Waals surface area contributed by atoms with E-state index in [4.69, 9.17) is 4.74 Å². The van der Waals surface area contributed by atoms with Crippen LogP contribution in [0.25, 0.3) is 0 Å². The summed E-state index contributed by atoms with van der Waals surface area (Å²) in [5.41, 5.74) is 3.60. The second kappa shape index (κ2) is 7.38. The minimum atomic E-state index is -0.205. The molecule has 1 fully saturated rings. The standard InChI is InChI=1S/C20H22N2O3/c1-13-4-3-5-14(2)19(13)22-18(23)12-25-17-10-8-16(9-11-17)21-20(24)15-6-7-15/h3-5,8-11,15H,6-7,12H2,1-2H3,(H,21,24)(H,22,23). The SMILES string of the molecule is Cc1cccc(C)c1NC(=O)COc1ccc(NC(=O)C2CC2)cc1. The number of carbonyl (C=O) groups is 2. The van der Waals surface area contributed by atoms with E-state index in [-0.39, 0.29) is 24.3 Å². The third-order valence-corrected chi connectivity index (χ3v) is 4.19. The average Bonchev–Trinajstić information content (AvgIpc) is 3.43. The summed E-state index contributed by atoms with van der Waals surface area (Å²) in [6.45, 7) is 3.85. The Balaban J connectivity index is 1.51. The first kappa shape index (κ1) is 17.0. The molecule has 1 aliphatic carbocycles. The largest absolute Gasteiger partial charge is 0.484 e. The maximum atomic E-state index is 12.1. The molecule has 2 aromatic rings. The summed E-state index contributed by atoms with van der Waals surface area (Å²) in [4.78, 5) is 23.8. The van der Waals surface area contributed by atoms with Crippen LogP contribution in [0.2, 0.25) is 0 Å². The van der Waals surface area contributed by atoms with E-state index in [9.17, 15) is 9.59 Å². The summed E-state index contributed by atoms with van der Waals surface area (Å²) < 4.78 is 5.51. The summed E-state index contributed by atoms with van der Waals surface area (Å²) in [5, 5.41) is 5.75. The van der Waals surface area contributed by atoms with Crippen LogP contribution in [0.1, 0.15) is 24.0 Å². The van der Waals surface area contributed by atoms with Gasteiger partial charge in [0.1, 0.15) is 5.75 Å². The van der Waals surface area contributed by atoms with Gasteiger partial charge in [0.05, 0.1) is 0 Å². The van der Waals surface area contributed by atoms with Gasteiger partial charge in [0.25, 0.3) is 5.91 Å². The fourth-order valence-electron chi connectivity index (χ4n) is 2.56. The van der Waals surface area contributed by atoms with E-state index in [1.54, 1.807) is 24.3 Å². The lowest BCUT2D eigenvalue weighted by Crippen LogP contribution is -2.21. The molecule has 0 radical (unpaired) electrons. The number of rotatable bonds is 6. The quantitative estimate of drug-likeness (QED) is 0.844. The highest BCUT2D eigenvalue weighted by Crippen LogP contribution is 2.30. The van der Waals surface area contributed by atoms with Gasteiger partial charge in [-0.2, -0.15) is 0 Å². The van der Waals surface area contributed by atoms with Crippen LogP contribution in [0.15, 0.2) is 42.5 Å². The van der Waals surface area contributed by atoms with Crippen LogP contribution in [0.3, 0.4) is 0 Å². The highest BCUT2D eigenvalue weighted by molar-refractivity contribution is 5.94. The zero-order chi connectivity index (χ0) is 17.8. The molecule has 0 aromatic heterocycles. The van der Waals surface area contributed by atoms with Crippen LogP contribution in [0.4, 0.5) is 11.4 Å². The van der Waals surface area contributed by atoms with Gasteiger partial charge in [0, 0.05) is 17.3 Å². The molecule has 1 aliphatic rings. The van der Waals surface area contributed by atoms with E-state index in [2.05, 4.69) is 10.6 Å². The Morgan fingerprint density at radius 3 is 2.24 bits per heavy atom. The van der Waals surface area contributed by atoms with Crippen molar-refractivity contribution >= 4 is 23.2 Å². The Bertz CT molecular complexity index is 760. The number of carbonyl (C=O) groups excluding carboxylic acids is 2. The number of nitrogens with one attached hydrogen (secondary N) is 2. The van der Waals surface area contributed by atoms with Crippen molar-refractivity contribution in [2.75, 3.05) is 17.2 Å². The van der Waals surface area contributed by atoms with Crippen molar-refractivity contribution in [3.8, 4) is 5.75 Å². The Morgan fingerprint density at radius 2 is 1.64 bits per heavy atom. The molecule has 5 nitrogen and oxygen atoms in total. The predicted octanol–water partition coefficient (Wildman–Crippen LogP) is 3.67. The lowest BCUT2D eigenvalue weighted by molar-refractivity contribution is -0.118. The van der Waals surface area contributed by atoms with E-state index in [1.807, 2.05) is 32.0 Å². The predicted molar refractivity (Wildman–Crippen MR) is 97.8 cm³/mol. The molecule has 1 saturated carbocycles. The number of para-hydroxylation sites is 1. The molecule has 0 atom stereocenters. The first-order chi connectivity index (χ1) is 12.0. The topological polar surface area (TPSA) is 67.4 Å². The molecule has 0 bridgehead atoms. The van der Waals surface area contributed by atoms with Crippen molar-refractivity contribution < 1.29 is 14.3 Å². The maximum absolute atomic E-state index is 12.1. The van der Waals surface area contributed by atoms with E-state index in [0.29, 0.717) is 5.75 Å². The molecule has 0 unspecified atom stereocenters. The Hall–Kier alpha value is -2.82. The van der Waals surface area contributed by atoms with Gasteiger partial charge in [0.2, 0.25) is 5.91 Å². The molecular weight excluding hydrogens is 316 g/mol. The number of benzene rings is 2. The lowest BCUT2D eigenvalue weighted by Gasteiger charge is -2.12. The van der Waals surface area contributed by atoms with E-state index < -0.39 is 0 Å². The van der Waals surface area contributed by atoms with E-state index >= 15 is 0 Å². The molecule has 0 saturated heterocycles. The number of anilines is 2. The first-order valence-electron chi connectivity index (χ1n) is 8.43. The molecule has 3 rings (SSSR count). The molecule has 2 aromatic carbocycles. The van der Waals surface area contributed by atoms with E-state index in [1.165, 1.54) is 0 Å². The molecule has 2 N–H and O–H groups in total. The molecule has 5 heteroatoms. The molecule has 130 valence electrons. The third kappa shape index (κ3) is 4.59.